The highest BCUT2D eigenvalue weighted by molar-refractivity contribution is 7.10. The van der Waals surface area contributed by atoms with Crippen LogP contribution in [0.3, 0.4) is 0 Å². The number of likely N-dealkylation sites (tertiary alicyclic amines) is 1. The summed E-state index contributed by atoms with van der Waals surface area (Å²) < 4.78 is 5.26. The fourth-order valence-corrected chi connectivity index (χ4v) is 4.00. The molecule has 0 saturated carbocycles. The number of thiophene rings is 1. The van der Waals surface area contributed by atoms with Gasteiger partial charge in [-0.25, -0.2) is 4.98 Å². The first-order chi connectivity index (χ1) is 13.2. The third-order valence-corrected chi connectivity index (χ3v) is 5.53. The van der Waals surface area contributed by atoms with Crippen molar-refractivity contribution in [3.8, 4) is 11.3 Å². The van der Waals surface area contributed by atoms with E-state index in [0.29, 0.717) is 30.8 Å². The van der Waals surface area contributed by atoms with Gasteiger partial charge in [0.25, 0.3) is 0 Å². The topological polar surface area (TPSA) is 75.4 Å². The van der Waals surface area contributed by atoms with E-state index in [0.717, 1.165) is 16.9 Å². The van der Waals surface area contributed by atoms with Crippen molar-refractivity contribution in [1.29, 1.82) is 0 Å². The smallest absolute Gasteiger partial charge is 0.247 e. The Hall–Kier alpha value is -2.93. The number of benzene rings is 1. The molecule has 2 amide bonds. The minimum Gasteiger partial charge on any atom is -0.444 e. The molecular formula is C20H19N3O3S. The number of aromatic nitrogens is 1. The summed E-state index contributed by atoms with van der Waals surface area (Å²) in [6.07, 6.45) is 4.92. The van der Waals surface area contributed by atoms with E-state index in [4.69, 9.17) is 4.42 Å². The highest BCUT2D eigenvalue weighted by Crippen LogP contribution is 2.23. The van der Waals surface area contributed by atoms with Crippen LogP contribution >= 0.6 is 11.3 Å². The zero-order valence-electron chi connectivity index (χ0n) is 14.6. The van der Waals surface area contributed by atoms with Crippen molar-refractivity contribution in [2.75, 3.05) is 11.9 Å². The van der Waals surface area contributed by atoms with E-state index in [2.05, 4.69) is 10.3 Å². The monoisotopic (exact) mass is 381 g/mol. The van der Waals surface area contributed by atoms with Crippen LogP contribution < -0.4 is 5.32 Å². The van der Waals surface area contributed by atoms with Crippen molar-refractivity contribution in [1.82, 2.24) is 9.88 Å². The fourth-order valence-electron chi connectivity index (χ4n) is 3.30. The minimum absolute atomic E-state index is 0.00997. The molecule has 7 heteroatoms. The average molecular weight is 381 g/mol. The molecule has 1 fully saturated rings. The number of carbonyl (C=O) groups is 2. The standard InChI is InChI=1S/C20H19N3O3S/c24-19(11-16-3-2-10-27-16)23-9-1-4-17(23)20(25)22-15-7-5-14(6-8-15)18-12-21-13-26-18/h2-3,5-8,10,12-13,17H,1,4,9,11H2,(H,22,25). The Kier molecular flexibility index (Phi) is 5.02. The van der Waals surface area contributed by atoms with E-state index in [1.807, 2.05) is 41.8 Å². The number of hydrogen-bond acceptors (Lipinski definition) is 5. The molecule has 6 nitrogen and oxygen atoms in total. The molecule has 1 N–H and O–H groups in total. The maximum Gasteiger partial charge on any atom is 0.247 e. The van der Waals surface area contributed by atoms with E-state index >= 15 is 0 Å². The van der Waals surface area contributed by atoms with Crippen LogP contribution in [0, 0.1) is 0 Å². The molecule has 1 atom stereocenters. The molecule has 0 radical (unpaired) electrons. The van der Waals surface area contributed by atoms with Gasteiger partial charge in [0.2, 0.25) is 11.8 Å². The van der Waals surface area contributed by atoms with Crippen LogP contribution in [0.4, 0.5) is 5.69 Å². The number of hydrogen-bond donors (Lipinski definition) is 1. The molecule has 4 rings (SSSR count). The molecule has 27 heavy (non-hydrogen) atoms. The second-order valence-electron chi connectivity index (χ2n) is 6.43. The van der Waals surface area contributed by atoms with Crippen LogP contribution in [0.15, 0.2) is 58.8 Å². The van der Waals surface area contributed by atoms with Gasteiger partial charge in [-0.3, -0.25) is 9.59 Å². The lowest BCUT2D eigenvalue weighted by molar-refractivity contribution is -0.136. The molecular weight excluding hydrogens is 362 g/mol. The Morgan fingerprint density at radius 3 is 2.81 bits per heavy atom. The third kappa shape index (κ3) is 3.93. The van der Waals surface area contributed by atoms with Crippen molar-refractivity contribution in [3.05, 3.63) is 59.2 Å². The highest BCUT2D eigenvalue weighted by Gasteiger charge is 2.34. The molecule has 1 aliphatic rings. The van der Waals surface area contributed by atoms with Crippen LogP contribution in [0.1, 0.15) is 17.7 Å². The normalized spacial score (nSPS) is 16.4. The van der Waals surface area contributed by atoms with Gasteiger partial charge in [-0.2, -0.15) is 0 Å². The molecule has 1 aromatic carbocycles. The maximum atomic E-state index is 12.7. The lowest BCUT2D eigenvalue weighted by Crippen LogP contribution is -2.43. The quantitative estimate of drug-likeness (QED) is 0.733. The summed E-state index contributed by atoms with van der Waals surface area (Å²) in [5.41, 5.74) is 1.58. The molecule has 0 bridgehead atoms. The van der Waals surface area contributed by atoms with Gasteiger partial charge in [-0.05, 0) is 48.6 Å². The maximum absolute atomic E-state index is 12.7. The Balaban J connectivity index is 1.40. The summed E-state index contributed by atoms with van der Waals surface area (Å²) in [6.45, 7) is 0.632. The van der Waals surface area contributed by atoms with Crippen molar-refractivity contribution < 1.29 is 14.0 Å². The van der Waals surface area contributed by atoms with Gasteiger partial charge < -0.3 is 14.6 Å². The molecule has 138 valence electrons. The summed E-state index contributed by atoms with van der Waals surface area (Å²) in [5, 5.41) is 4.88. The van der Waals surface area contributed by atoms with Crippen molar-refractivity contribution in [3.63, 3.8) is 0 Å². The molecule has 1 saturated heterocycles. The number of carbonyl (C=O) groups excluding carboxylic acids is 2. The zero-order valence-corrected chi connectivity index (χ0v) is 15.4. The van der Waals surface area contributed by atoms with Crippen molar-refractivity contribution >= 4 is 28.8 Å². The van der Waals surface area contributed by atoms with Gasteiger partial charge in [0.1, 0.15) is 6.04 Å². The predicted molar refractivity (Wildman–Crippen MR) is 103 cm³/mol. The Labute approximate surface area is 160 Å². The van der Waals surface area contributed by atoms with Gasteiger partial charge in [0.05, 0.1) is 12.6 Å². The summed E-state index contributed by atoms with van der Waals surface area (Å²) in [7, 11) is 0. The summed E-state index contributed by atoms with van der Waals surface area (Å²) in [6, 6.07) is 10.8. The van der Waals surface area contributed by atoms with Crippen molar-refractivity contribution in [2.24, 2.45) is 0 Å². The van der Waals surface area contributed by atoms with E-state index in [1.54, 1.807) is 22.4 Å². The molecule has 2 aromatic heterocycles. The molecule has 1 aliphatic heterocycles. The van der Waals surface area contributed by atoms with Gasteiger partial charge in [0, 0.05) is 22.7 Å². The average Bonchev–Trinajstić information content (AvgIpc) is 3.43. The first-order valence-electron chi connectivity index (χ1n) is 8.82. The Morgan fingerprint density at radius 1 is 1.26 bits per heavy atom. The lowest BCUT2D eigenvalue weighted by atomic mass is 10.1. The largest absolute Gasteiger partial charge is 0.444 e. The molecule has 0 aliphatic carbocycles. The van der Waals surface area contributed by atoms with Gasteiger partial charge in [-0.15, -0.1) is 11.3 Å². The van der Waals surface area contributed by atoms with Gasteiger partial charge in [0.15, 0.2) is 12.2 Å². The summed E-state index contributed by atoms with van der Waals surface area (Å²) >= 11 is 1.56. The van der Waals surface area contributed by atoms with Gasteiger partial charge in [-0.1, -0.05) is 6.07 Å². The molecule has 3 heterocycles. The van der Waals surface area contributed by atoms with E-state index in [1.165, 1.54) is 6.39 Å². The first-order valence-corrected chi connectivity index (χ1v) is 9.70. The Bertz CT molecular complexity index is 905. The first kappa shape index (κ1) is 17.5. The molecule has 0 spiro atoms. The predicted octanol–water partition coefficient (Wildman–Crippen LogP) is 3.58. The Morgan fingerprint density at radius 2 is 2.11 bits per heavy atom. The van der Waals surface area contributed by atoms with Crippen LogP contribution in [-0.2, 0) is 16.0 Å². The van der Waals surface area contributed by atoms with Crippen molar-refractivity contribution in [2.45, 2.75) is 25.3 Å². The second kappa shape index (κ2) is 7.75. The molecule has 3 aromatic rings. The number of amides is 2. The number of nitrogens with one attached hydrogen (secondary N) is 1. The number of rotatable bonds is 5. The number of anilines is 1. The SMILES string of the molecule is O=C(Nc1ccc(-c2cnco2)cc1)C1CCCN1C(=O)Cc1cccs1. The van der Waals surface area contributed by atoms with Crippen LogP contribution in [0.5, 0.6) is 0 Å². The minimum atomic E-state index is -0.411. The number of nitrogens with zero attached hydrogens (tertiary/aromatic N) is 2. The third-order valence-electron chi connectivity index (χ3n) is 4.65. The second-order valence-corrected chi connectivity index (χ2v) is 7.47. The van der Waals surface area contributed by atoms with E-state index in [-0.39, 0.29) is 11.8 Å². The van der Waals surface area contributed by atoms with E-state index in [9.17, 15) is 9.59 Å². The fraction of sp³-hybridized carbons (Fsp3) is 0.250. The number of oxazole rings is 1. The summed E-state index contributed by atoms with van der Waals surface area (Å²) in [5.74, 6) is 0.546. The summed E-state index contributed by atoms with van der Waals surface area (Å²) in [4.78, 5) is 31.9. The van der Waals surface area contributed by atoms with Crippen LogP contribution in [-0.4, -0.2) is 34.3 Å². The highest BCUT2D eigenvalue weighted by atomic mass is 32.1. The van der Waals surface area contributed by atoms with E-state index < -0.39 is 6.04 Å². The van der Waals surface area contributed by atoms with Crippen LogP contribution in [0.2, 0.25) is 0 Å². The van der Waals surface area contributed by atoms with Crippen LogP contribution in [0.25, 0.3) is 11.3 Å². The zero-order chi connectivity index (χ0) is 18.6. The molecule has 1 unspecified atom stereocenters. The lowest BCUT2D eigenvalue weighted by Gasteiger charge is -2.24. The van der Waals surface area contributed by atoms with Gasteiger partial charge >= 0.3 is 0 Å².